The van der Waals surface area contributed by atoms with E-state index in [9.17, 15) is 14.4 Å². The van der Waals surface area contributed by atoms with Gasteiger partial charge in [0.15, 0.2) is 31.3 Å². The number of likely N-dealkylation sites (tertiary alicyclic amines) is 2. The fourth-order valence-corrected chi connectivity index (χ4v) is 10.6. The maximum atomic E-state index is 14.1. The van der Waals surface area contributed by atoms with Crippen molar-refractivity contribution in [3.05, 3.63) is 89.5 Å². The number of carbonyl (C=O) groups is 3. The standard InChI is InChI=1S/C52H74N4O9S2Si/c1-14-37-24-34(2)30-55(37)49(58)41-27-45(61-11)47(29-43(41)54-50(59)64-32-36-18-20-39(21-19-36)66-67-51(4,5)6)63-23-17-15-16-22-62-46-28-42(53)40(26-44(46)60-10)48(57)56-31-35(3)25-38(56)33-65-68(12,13)52(7,8)9/h18-21,26-29,37-38H,2-3,14-17,22-25,30-33,53H2,1,4-13H3,(H,54,59)/t37-,38+/m1/s1. The summed E-state index contributed by atoms with van der Waals surface area (Å²) in [5.74, 6) is 1.16. The molecule has 2 fully saturated rings. The number of rotatable bonds is 21. The summed E-state index contributed by atoms with van der Waals surface area (Å²) in [6.45, 7) is 30.0. The SMILES string of the molecule is C=C1C[C@@H](CO[Si](C)(C)C(C)(C)C)N(C(=O)c2cc(OC)c(OCCCCCOc3cc(NC(=O)OCc4ccc(SSC(C)(C)C)cc4)c(C(=O)N4CC(=C)C[C@H]4CC)cc3OC)cc2N)C1. The molecule has 5 rings (SSSR count). The van der Waals surface area contributed by atoms with Crippen LogP contribution in [-0.2, 0) is 15.8 Å². The van der Waals surface area contributed by atoms with Crippen molar-refractivity contribution in [3.8, 4) is 23.0 Å². The lowest BCUT2D eigenvalue weighted by Crippen LogP contribution is -2.46. The van der Waals surface area contributed by atoms with Gasteiger partial charge in [0, 0.05) is 46.6 Å². The molecule has 3 N–H and O–H groups in total. The number of nitrogen functional groups attached to an aromatic ring is 1. The fourth-order valence-electron chi connectivity index (χ4n) is 7.58. The van der Waals surface area contributed by atoms with Gasteiger partial charge in [-0.1, -0.05) is 106 Å². The van der Waals surface area contributed by atoms with Crippen molar-refractivity contribution in [1.29, 1.82) is 0 Å². The minimum Gasteiger partial charge on any atom is -0.493 e. The van der Waals surface area contributed by atoms with Crippen LogP contribution < -0.4 is 30.0 Å². The molecule has 0 radical (unpaired) electrons. The van der Waals surface area contributed by atoms with Crippen molar-refractivity contribution < 1.29 is 42.5 Å². The predicted octanol–water partition coefficient (Wildman–Crippen LogP) is 12.2. The summed E-state index contributed by atoms with van der Waals surface area (Å²) >= 11 is 0. The highest BCUT2D eigenvalue weighted by atomic mass is 33.1. The molecule has 3 aromatic carbocycles. The van der Waals surface area contributed by atoms with Crippen LogP contribution in [0.1, 0.15) is 113 Å². The number of carbonyl (C=O) groups excluding carboxylic acids is 3. The van der Waals surface area contributed by atoms with Gasteiger partial charge in [-0.3, -0.25) is 14.9 Å². The summed E-state index contributed by atoms with van der Waals surface area (Å²) in [5, 5.41) is 2.87. The first kappa shape index (κ1) is 54.2. The number of nitrogens with two attached hydrogens (primary N) is 1. The van der Waals surface area contributed by atoms with Gasteiger partial charge in [-0.15, -0.1) is 0 Å². The molecular formula is C52H74N4O9S2Si. The van der Waals surface area contributed by atoms with E-state index in [4.69, 9.17) is 33.8 Å². The first-order valence-electron chi connectivity index (χ1n) is 23.5. The number of benzene rings is 3. The summed E-state index contributed by atoms with van der Waals surface area (Å²) in [6.07, 6.45) is 3.60. The first-order chi connectivity index (χ1) is 32.0. The molecule has 13 nitrogen and oxygen atoms in total. The van der Waals surface area contributed by atoms with E-state index in [0.717, 1.165) is 40.9 Å². The zero-order chi connectivity index (χ0) is 50.0. The number of methoxy groups -OCH3 is 2. The Morgan fingerprint density at radius 1 is 0.779 bits per heavy atom. The van der Waals surface area contributed by atoms with Crippen LogP contribution in [0.5, 0.6) is 23.0 Å². The molecule has 2 aliphatic heterocycles. The third-order valence-electron chi connectivity index (χ3n) is 12.5. The summed E-state index contributed by atoms with van der Waals surface area (Å²) in [7, 11) is 4.52. The van der Waals surface area contributed by atoms with Crippen molar-refractivity contribution in [1.82, 2.24) is 9.80 Å². The first-order valence-corrected chi connectivity index (χ1v) is 28.5. The Morgan fingerprint density at radius 2 is 1.32 bits per heavy atom. The molecule has 3 aromatic rings. The predicted molar refractivity (Wildman–Crippen MR) is 279 cm³/mol. The highest BCUT2D eigenvalue weighted by molar-refractivity contribution is 8.77. The third-order valence-corrected chi connectivity index (χ3v) is 20.4. The Morgan fingerprint density at radius 3 is 1.88 bits per heavy atom. The van der Waals surface area contributed by atoms with Gasteiger partial charge in [0.05, 0.1) is 56.9 Å². The van der Waals surface area contributed by atoms with Crippen LogP contribution >= 0.6 is 21.6 Å². The molecule has 0 spiro atoms. The van der Waals surface area contributed by atoms with Crippen LogP contribution in [0.3, 0.4) is 0 Å². The van der Waals surface area contributed by atoms with Gasteiger partial charge in [-0.25, -0.2) is 4.79 Å². The monoisotopic (exact) mass is 990 g/mol. The molecule has 2 aliphatic rings. The second-order valence-corrected chi connectivity index (χ2v) is 27.9. The second-order valence-electron chi connectivity index (χ2n) is 20.1. The number of nitrogens with one attached hydrogen (secondary N) is 1. The quantitative estimate of drug-likeness (QED) is 0.0344. The van der Waals surface area contributed by atoms with Crippen molar-refractivity contribution in [3.63, 3.8) is 0 Å². The van der Waals surface area contributed by atoms with E-state index in [1.54, 1.807) is 55.7 Å². The average Bonchev–Trinajstić information content (AvgIpc) is 3.86. The van der Waals surface area contributed by atoms with E-state index in [0.29, 0.717) is 86.4 Å². The molecule has 16 heteroatoms. The molecule has 0 saturated carbocycles. The van der Waals surface area contributed by atoms with Crippen LogP contribution in [0.25, 0.3) is 0 Å². The van der Waals surface area contributed by atoms with Gasteiger partial charge in [-0.2, -0.15) is 0 Å². The molecule has 0 aromatic heterocycles. The molecule has 0 unspecified atom stereocenters. The minimum atomic E-state index is -2.02. The van der Waals surface area contributed by atoms with Crippen LogP contribution in [-0.4, -0.2) is 100.0 Å². The number of hydrogen-bond donors (Lipinski definition) is 2. The van der Waals surface area contributed by atoms with Gasteiger partial charge in [0.1, 0.15) is 6.61 Å². The van der Waals surface area contributed by atoms with Gasteiger partial charge >= 0.3 is 6.09 Å². The molecule has 0 bridgehead atoms. The number of amides is 3. The van der Waals surface area contributed by atoms with Crippen LogP contribution in [0.2, 0.25) is 18.1 Å². The van der Waals surface area contributed by atoms with E-state index < -0.39 is 14.4 Å². The van der Waals surface area contributed by atoms with E-state index in [2.05, 4.69) is 73.1 Å². The van der Waals surface area contributed by atoms with E-state index in [1.807, 2.05) is 31.2 Å². The number of hydrogen-bond acceptors (Lipinski definition) is 12. The number of ether oxygens (including phenoxy) is 5. The minimum absolute atomic E-state index is 0.00175. The zero-order valence-electron chi connectivity index (χ0n) is 42.1. The van der Waals surface area contributed by atoms with E-state index in [1.165, 1.54) is 14.2 Å². The smallest absolute Gasteiger partial charge is 0.411 e. The molecule has 372 valence electrons. The van der Waals surface area contributed by atoms with Gasteiger partial charge in [0.2, 0.25) is 0 Å². The maximum absolute atomic E-state index is 14.1. The summed E-state index contributed by atoms with van der Waals surface area (Å²) in [4.78, 5) is 46.1. The molecule has 68 heavy (non-hydrogen) atoms. The number of unbranched alkanes of at least 4 members (excludes halogenated alkanes) is 2. The molecular weight excluding hydrogens is 917 g/mol. The lowest BCUT2D eigenvalue weighted by Gasteiger charge is -2.38. The maximum Gasteiger partial charge on any atom is 0.411 e. The van der Waals surface area contributed by atoms with E-state index >= 15 is 0 Å². The number of anilines is 2. The Bertz CT molecular complexity index is 2280. The highest BCUT2D eigenvalue weighted by Crippen LogP contribution is 2.42. The Balaban J connectivity index is 1.18. The van der Waals surface area contributed by atoms with Gasteiger partial charge in [-0.05, 0) is 86.5 Å². The van der Waals surface area contributed by atoms with Crippen molar-refractivity contribution >= 4 is 59.2 Å². The average molecular weight is 991 g/mol. The fraction of sp³-hybridized carbons (Fsp3) is 0.519. The zero-order valence-corrected chi connectivity index (χ0v) is 44.8. The van der Waals surface area contributed by atoms with Crippen LogP contribution in [0.4, 0.5) is 16.2 Å². The van der Waals surface area contributed by atoms with Crippen LogP contribution in [0, 0.1) is 0 Å². The topological polar surface area (TPSA) is 151 Å². The Labute approximate surface area is 413 Å². The summed E-state index contributed by atoms with van der Waals surface area (Å²) < 4.78 is 36.0. The van der Waals surface area contributed by atoms with Crippen LogP contribution in [0.15, 0.2) is 77.7 Å². The highest BCUT2D eigenvalue weighted by Gasteiger charge is 2.40. The molecule has 2 atom stereocenters. The summed E-state index contributed by atoms with van der Waals surface area (Å²) in [6, 6.07) is 14.3. The van der Waals surface area contributed by atoms with Crippen molar-refractivity contribution in [2.24, 2.45) is 0 Å². The third kappa shape index (κ3) is 14.6. The molecule has 2 saturated heterocycles. The summed E-state index contributed by atoms with van der Waals surface area (Å²) in [5.41, 5.74) is 10.5. The molecule has 2 heterocycles. The number of nitrogens with zero attached hydrogens (tertiary/aromatic N) is 2. The Kier molecular flexibility index (Phi) is 18.9. The van der Waals surface area contributed by atoms with Crippen molar-refractivity contribution in [2.75, 3.05) is 58.2 Å². The lowest BCUT2D eigenvalue weighted by molar-refractivity contribution is 0.0685. The van der Waals surface area contributed by atoms with E-state index in [-0.39, 0.29) is 51.5 Å². The second kappa shape index (κ2) is 23.7. The molecule has 0 aliphatic carbocycles. The Hall–Kier alpha value is -4.77. The van der Waals surface area contributed by atoms with Gasteiger partial charge in [0.25, 0.3) is 11.8 Å². The lowest BCUT2D eigenvalue weighted by atomic mass is 10.1. The molecule has 3 amide bonds. The van der Waals surface area contributed by atoms with Crippen molar-refractivity contribution in [2.45, 2.75) is 133 Å². The normalized spacial score (nSPS) is 16.5. The largest absolute Gasteiger partial charge is 0.493 e. The van der Waals surface area contributed by atoms with Gasteiger partial charge < -0.3 is 43.6 Å².